The first kappa shape index (κ1) is 20.2. The van der Waals surface area contributed by atoms with Gasteiger partial charge < -0.3 is 4.74 Å². The maximum atomic E-state index is 13.0. The van der Waals surface area contributed by atoms with Gasteiger partial charge in [0.2, 0.25) is 0 Å². The summed E-state index contributed by atoms with van der Waals surface area (Å²) in [6.07, 6.45) is 3.11. The Bertz CT molecular complexity index is 864. The van der Waals surface area contributed by atoms with Gasteiger partial charge in [-0.1, -0.05) is 47.5 Å². The zero-order valence-corrected chi connectivity index (χ0v) is 16.8. The Balaban J connectivity index is 1.96. The zero-order valence-electron chi connectivity index (χ0n) is 15.3. The molecule has 0 aromatic heterocycles. The summed E-state index contributed by atoms with van der Waals surface area (Å²) < 4.78 is 5.13. The van der Waals surface area contributed by atoms with E-state index < -0.39 is 6.09 Å². The average Bonchev–Trinajstić information content (AvgIpc) is 2.68. The Kier molecular flexibility index (Phi) is 6.55. The monoisotopic (exact) mass is 415 g/mol. The average molecular weight is 416 g/mol. The van der Waals surface area contributed by atoms with Crippen LogP contribution in [0, 0.1) is 0 Å². The van der Waals surface area contributed by atoms with E-state index in [2.05, 4.69) is 0 Å². The molecule has 1 heterocycles. The highest BCUT2D eigenvalue weighted by atomic mass is 35.5. The Hall–Kier alpha value is -2.56. The molecule has 0 N–H and O–H groups in total. The highest BCUT2D eigenvalue weighted by Crippen LogP contribution is 2.23. The summed E-state index contributed by atoms with van der Waals surface area (Å²) in [6, 6.07) is 14.3. The molecule has 0 saturated carbocycles. The number of benzene rings is 2. The molecule has 1 amide bonds. The third-order valence-electron chi connectivity index (χ3n) is 4.25. The first-order valence-corrected chi connectivity index (χ1v) is 9.60. The molecule has 1 fully saturated rings. The number of halogens is 2. The summed E-state index contributed by atoms with van der Waals surface area (Å²) in [5.41, 5.74) is 2.71. The van der Waals surface area contributed by atoms with Gasteiger partial charge >= 0.3 is 6.09 Å². The number of ketones is 1. The summed E-state index contributed by atoms with van der Waals surface area (Å²) in [7, 11) is 0. The fourth-order valence-corrected chi connectivity index (χ4v) is 3.16. The van der Waals surface area contributed by atoms with Crippen LogP contribution < -0.4 is 0 Å². The van der Waals surface area contributed by atoms with Gasteiger partial charge in [-0.15, -0.1) is 0 Å². The molecule has 0 aliphatic carbocycles. The molecule has 144 valence electrons. The van der Waals surface area contributed by atoms with Crippen molar-refractivity contribution in [3.63, 3.8) is 0 Å². The van der Waals surface area contributed by atoms with Crippen molar-refractivity contribution < 1.29 is 14.3 Å². The predicted octanol–water partition coefficient (Wildman–Crippen LogP) is 5.50. The van der Waals surface area contributed by atoms with E-state index in [0.29, 0.717) is 21.2 Å². The second-order valence-electron chi connectivity index (χ2n) is 6.33. The molecule has 4 nitrogen and oxygen atoms in total. The normalized spacial score (nSPS) is 17.2. The van der Waals surface area contributed by atoms with Crippen LogP contribution in [0.5, 0.6) is 0 Å². The summed E-state index contributed by atoms with van der Waals surface area (Å²) >= 11 is 11.9. The lowest BCUT2D eigenvalue weighted by atomic mass is 9.94. The van der Waals surface area contributed by atoms with E-state index in [4.69, 9.17) is 27.9 Å². The molecule has 0 atom stereocenters. The van der Waals surface area contributed by atoms with Crippen molar-refractivity contribution in [3.8, 4) is 0 Å². The van der Waals surface area contributed by atoms with Crippen LogP contribution in [0.3, 0.4) is 0 Å². The standard InChI is InChI=1S/C22H19Cl2NO3/c1-2-28-22(27)25-13-17(11-15-3-7-19(23)8-4-15)21(26)18(14-25)12-16-5-9-20(24)10-6-16/h3-12H,2,13-14H2,1H3/b17-11-,18-12-. The van der Waals surface area contributed by atoms with E-state index in [1.807, 2.05) is 24.3 Å². The fraction of sp³-hybridized carbons (Fsp3) is 0.182. The van der Waals surface area contributed by atoms with Crippen LogP contribution in [0.1, 0.15) is 18.1 Å². The minimum absolute atomic E-state index is 0.0922. The van der Waals surface area contributed by atoms with Crippen molar-refractivity contribution in [2.45, 2.75) is 6.92 Å². The minimum atomic E-state index is -0.445. The molecular formula is C22H19Cl2NO3. The highest BCUT2D eigenvalue weighted by molar-refractivity contribution is 6.30. The second-order valence-corrected chi connectivity index (χ2v) is 7.20. The van der Waals surface area contributed by atoms with Gasteiger partial charge in [0.25, 0.3) is 0 Å². The number of Topliss-reactive ketones (excluding diaryl/α,β-unsaturated/α-hetero) is 1. The van der Waals surface area contributed by atoms with Crippen LogP contribution in [-0.4, -0.2) is 36.5 Å². The van der Waals surface area contributed by atoms with Crippen LogP contribution in [0.15, 0.2) is 59.7 Å². The maximum absolute atomic E-state index is 13.0. The number of nitrogens with zero attached hydrogens (tertiary/aromatic N) is 1. The van der Waals surface area contributed by atoms with Crippen LogP contribution in [0.25, 0.3) is 12.2 Å². The maximum Gasteiger partial charge on any atom is 0.410 e. The fourth-order valence-electron chi connectivity index (χ4n) is 2.90. The predicted molar refractivity (Wildman–Crippen MR) is 112 cm³/mol. The smallest absolute Gasteiger partial charge is 0.410 e. The van der Waals surface area contributed by atoms with Crippen LogP contribution >= 0.6 is 23.2 Å². The number of rotatable bonds is 3. The van der Waals surface area contributed by atoms with Crippen molar-refractivity contribution in [1.29, 1.82) is 0 Å². The largest absolute Gasteiger partial charge is 0.450 e. The number of carbonyl (C=O) groups is 2. The van der Waals surface area contributed by atoms with E-state index in [1.54, 1.807) is 43.3 Å². The minimum Gasteiger partial charge on any atom is -0.450 e. The van der Waals surface area contributed by atoms with Gasteiger partial charge in [-0.2, -0.15) is 0 Å². The Morgan fingerprint density at radius 2 is 1.36 bits per heavy atom. The molecule has 2 aromatic rings. The number of piperidine rings is 1. The SMILES string of the molecule is CCOC(=O)N1C/C(=C/c2ccc(Cl)cc2)C(=O)/C(=C\c2ccc(Cl)cc2)C1. The van der Waals surface area contributed by atoms with Crippen molar-refractivity contribution >= 4 is 47.2 Å². The number of ether oxygens (including phenoxy) is 1. The number of hydrogen-bond donors (Lipinski definition) is 0. The molecule has 0 unspecified atom stereocenters. The number of amides is 1. The molecule has 1 aliphatic rings. The van der Waals surface area contributed by atoms with Crippen molar-refractivity contribution in [2.24, 2.45) is 0 Å². The Morgan fingerprint density at radius 3 is 1.75 bits per heavy atom. The van der Waals surface area contributed by atoms with E-state index in [0.717, 1.165) is 11.1 Å². The van der Waals surface area contributed by atoms with Gasteiger partial charge in [-0.25, -0.2) is 4.79 Å². The molecule has 0 radical (unpaired) electrons. The van der Waals surface area contributed by atoms with Crippen molar-refractivity contribution in [1.82, 2.24) is 4.90 Å². The van der Waals surface area contributed by atoms with Gasteiger partial charge in [-0.05, 0) is 54.5 Å². The molecular weight excluding hydrogens is 397 g/mol. The molecule has 28 heavy (non-hydrogen) atoms. The first-order valence-electron chi connectivity index (χ1n) is 8.85. The van der Waals surface area contributed by atoms with E-state index in [1.165, 1.54) is 4.90 Å². The summed E-state index contributed by atoms with van der Waals surface area (Å²) in [6.45, 7) is 2.41. The summed E-state index contributed by atoms with van der Waals surface area (Å²) in [5, 5.41) is 1.24. The number of likely N-dealkylation sites (tertiary alicyclic amines) is 1. The number of hydrogen-bond acceptors (Lipinski definition) is 3. The van der Waals surface area contributed by atoms with Crippen LogP contribution in [0.2, 0.25) is 10.0 Å². The second kappa shape index (κ2) is 9.09. The van der Waals surface area contributed by atoms with E-state index >= 15 is 0 Å². The van der Waals surface area contributed by atoms with Gasteiger partial charge in [0, 0.05) is 21.2 Å². The lowest BCUT2D eigenvalue weighted by Crippen LogP contribution is -2.41. The topological polar surface area (TPSA) is 46.6 Å². The first-order chi connectivity index (χ1) is 13.5. The molecule has 3 rings (SSSR count). The summed E-state index contributed by atoms with van der Waals surface area (Å²) in [5.74, 6) is -0.0922. The van der Waals surface area contributed by atoms with Crippen molar-refractivity contribution in [3.05, 3.63) is 80.8 Å². The third-order valence-corrected chi connectivity index (χ3v) is 4.76. The van der Waals surface area contributed by atoms with Gasteiger partial charge in [0.1, 0.15) is 0 Å². The van der Waals surface area contributed by atoms with Crippen LogP contribution in [-0.2, 0) is 9.53 Å². The summed E-state index contributed by atoms with van der Waals surface area (Å²) in [4.78, 5) is 26.8. The lowest BCUT2D eigenvalue weighted by Gasteiger charge is -2.29. The molecule has 0 bridgehead atoms. The molecule has 6 heteroatoms. The Labute approximate surface area is 174 Å². The van der Waals surface area contributed by atoms with Gasteiger partial charge in [0.15, 0.2) is 5.78 Å². The molecule has 0 spiro atoms. The zero-order chi connectivity index (χ0) is 20.1. The van der Waals surface area contributed by atoms with Crippen LogP contribution in [0.4, 0.5) is 4.79 Å². The van der Waals surface area contributed by atoms with E-state index in [9.17, 15) is 9.59 Å². The lowest BCUT2D eigenvalue weighted by molar-refractivity contribution is -0.113. The van der Waals surface area contributed by atoms with Gasteiger partial charge in [-0.3, -0.25) is 9.69 Å². The molecule has 1 aliphatic heterocycles. The van der Waals surface area contributed by atoms with E-state index in [-0.39, 0.29) is 25.5 Å². The molecule has 1 saturated heterocycles. The van der Waals surface area contributed by atoms with Crippen molar-refractivity contribution in [2.75, 3.05) is 19.7 Å². The highest BCUT2D eigenvalue weighted by Gasteiger charge is 2.29. The third kappa shape index (κ3) is 5.03. The molecule has 2 aromatic carbocycles. The quantitative estimate of drug-likeness (QED) is 0.621. The number of carbonyl (C=O) groups excluding carboxylic acids is 2. The van der Waals surface area contributed by atoms with Gasteiger partial charge in [0.05, 0.1) is 19.7 Å². The Morgan fingerprint density at radius 1 is 0.929 bits per heavy atom.